The van der Waals surface area contributed by atoms with Gasteiger partial charge < -0.3 is 9.84 Å². The summed E-state index contributed by atoms with van der Waals surface area (Å²) >= 11 is 0. The minimum absolute atomic E-state index is 0.0143. The SMILES string of the molecule is OCCCOc1ccc(C(F)F)cc1. The van der Waals surface area contributed by atoms with Crippen molar-refractivity contribution in [2.45, 2.75) is 12.8 Å². The molecule has 0 aromatic heterocycles. The number of alkyl halides is 2. The molecule has 1 aromatic carbocycles. The van der Waals surface area contributed by atoms with E-state index in [1.54, 1.807) is 0 Å². The highest BCUT2D eigenvalue weighted by atomic mass is 19.3. The molecule has 0 aliphatic carbocycles. The molecule has 0 bridgehead atoms. The van der Waals surface area contributed by atoms with Crippen molar-refractivity contribution >= 4 is 0 Å². The molecule has 78 valence electrons. The van der Waals surface area contributed by atoms with Crippen LogP contribution in [0.15, 0.2) is 24.3 Å². The van der Waals surface area contributed by atoms with E-state index in [0.29, 0.717) is 18.8 Å². The zero-order valence-corrected chi connectivity index (χ0v) is 7.62. The Kier molecular flexibility index (Phi) is 4.32. The van der Waals surface area contributed by atoms with Gasteiger partial charge in [-0.3, -0.25) is 0 Å². The number of hydrogen-bond donors (Lipinski definition) is 1. The summed E-state index contributed by atoms with van der Waals surface area (Å²) in [7, 11) is 0. The smallest absolute Gasteiger partial charge is 0.263 e. The third kappa shape index (κ3) is 3.30. The van der Waals surface area contributed by atoms with Crippen molar-refractivity contribution in [2.75, 3.05) is 13.2 Å². The van der Waals surface area contributed by atoms with Crippen LogP contribution in [0.5, 0.6) is 5.75 Å². The molecule has 0 fully saturated rings. The van der Waals surface area contributed by atoms with Gasteiger partial charge in [-0.2, -0.15) is 0 Å². The van der Waals surface area contributed by atoms with E-state index >= 15 is 0 Å². The van der Waals surface area contributed by atoms with Crippen LogP contribution in [0, 0.1) is 0 Å². The lowest BCUT2D eigenvalue weighted by atomic mass is 10.2. The number of benzene rings is 1. The lowest BCUT2D eigenvalue weighted by Crippen LogP contribution is -1.99. The second kappa shape index (κ2) is 5.54. The van der Waals surface area contributed by atoms with Crippen molar-refractivity contribution in [1.82, 2.24) is 0 Å². The first-order valence-corrected chi connectivity index (χ1v) is 4.36. The number of halogens is 2. The van der Waals surface area contributed by atoms with Gasteiger partial charge >= 0.3 is 0 Å². The van der Waals surface area contributed by atoms with Crippen LogP contribution in [0.4, 0.5) is 8.78 Å². The van der Waals surface area contributed by atoms with Crippen molar-refractivity contribution in [2.24, 2.45) is 0 Å². The summed E-state index contributed by atoms with van der Waals surface area (Å²) in [6, 6.07) is 5.66. The van der Waals surface area contributed by atoms with E-state index in [2.05, 4.69) is 0 Å². The summed E-state index contributed by atoms with van der Waals surface area (Å²) in [5.41, 5.74) is -0.0143. The van der Waals surface area contributed by atoms with Gasteiger partial charge in [-0.05, 0) is 24.3 Å². The molecule has 0 saturated heterocycles. The Morgan fingerprint density at radius 2 is 1.86 bits per heavy atom. The summed E-state index contributed by atoms with van der Waals surface area (Å²) in [4.78, 5) is 0. The number of hydrogen-bond acceptors (Lipinski definition) is 2. The zero-order valence-electron chi connectivity index (χ0n) is 7.62. The van der Waals surface area contributed by atoms with Crippen molar-refractivity contribution in [3.05, 3.63) is 29.8 Å². The molecule has 0 aliphatic rings. The van der Waals surface area contributed by atoms with Gasteiger partial charge in [-0.25, -0.2) is 8.78 Å². The van der Waals surface area contributed by atoms with Crippen LogP contribution in [0.1, 0.15) is 18.4 Å². The molecule has 0 aliphatic heterocycles. The lowest BCUT2D eigenvalue weighted by molar-refractivity contribution is 0.151. The predicted molar refractivity (Wildman–Crippen MR) is 48.6 cm³/mol. The first kappa shape index (κ1) is 10.9. The van der Waals surface area contributed by atoms with Crippen LogP contribution in [-0.2, 0) is 0 Å². The first-order valence-electron chi connectivity index (χ1n) is 4.36. The highest BCUT2D eigenvalue weighted by Crippen LogP contribution is 2.21. The Morgan fingerprint density at radius 1 is 1.21 bits per heavy atom. The molecule has 0 amide bonds. The molecule has 4 heteroatoms. The molecule has 0 radical (unpaired) electrons. The van der Waals surface area contributed by atoms with E-state index in [4.69, 9.17) is 9.84 Å². The molecular weight excluding hydrogens is 190 g/mol. The molecule has 14 heavy (non-hydrogen) atoms. The molecule has 1 N–H and O–H groups in total. The largest absolute Gasteiger partial charge is 0.494 e. The quantitative estimate of drug-likeness (QED) is 0.743. The summed E-state index contributed by atoms with van der Waals surface area (Å²) in [5, 5.41) is 8.48. The number of rotatable bonds is 5. The van der Waals surface area contributed by atoms with Gasteiger partial charge in [0.2, 0.25) is 0 Å². The van der Waals surface area contributed by atoms with E-state index < -0.39 is 6.43 Å². The van der Waals surface area contributed by atoms with Gasteiger partial charge in [0.1, 0.15) is 5.75 Å². The van der Waals surface area contributed by atoms with E-state index in [-0.39, 0.29) is 12.2 Å². The van der Waals surface area contributed by atoms with Crippen LogP contribution in [0.2, 0.25) is 0 Å². The Hall–Kier alpha value is -1.16. The summed E-state index contributed by atoms with van der Waals surface area (Å²) in [6.45, 7) is 0.458. The zero-order chi connectivity index (χ0) is 10.4. The number of aliphatic hydroxyl groups excluding tert-OH is 1. The van der Waals surface area contributed by atoms with Gasteiger partial charge in [-0.15, -0.1) is 0 Å². The highest BCUT2D eigenvalue weighted by Gasteiger charge is 2.05. The van der Waals surface area contributed by atoms with E-state index in [1.165, 1.54) is 24.3 Å². The van der Waals surface area contributed by atoms with Crippen LogP contribution in [0.3, 0.4) is 0 Å². The molecule has 0 saturated carbocycles. The second-order valence-corrected chi connectivity index (χ2v) is 2.80. The van der Waals surface area contributed by atoms with Crippen molar-refractivity contribution in [3.8, 4) is 5.75 Å². The van der Waals surface area contributed by atoms with Crippen LogP contribution < -0.4 is 4.74 Å². The molecule has 0 unspecified atom stereocenters. The van der Waals surface area contributed by atoms with E-state index in [1.807, 2.05) is 0 Å². The molecule has 0 atom stereocenters. The molecular formula is C10H12F2O2. The fraction of sp³-hybridized carbons (Fsp3) is 0.400. The van der Waals surface area contributed by atoms with Gasteiger partial charge in [0.25, 0.3) is 6.43 Å². The summed E-state index contributed by atoms with van der Waals surface area (Å²) < 4.78 is 29.4. The molecule has 0 spiro atoms. The van der Waals surface area contributed by atoms with Crippen LogP contribution in [0.25, 0.3) is 0 Å². The molecule has 1 rings (SSSR count). The highest BCUT2D eigenvalue weighted by molar-refractivity contribution is 5.27. The van der Waals surface area contributed by atoms with E-state index in [0.717, 1.165) is 0 Å². The normalized spacial score (nSPS) is 10.6. The van der Waals surface area contributed by atoms with Gasteiger partial charge in [-0.1, -0.05) is 0 Å². The molecule has 2 nitrogen and oxygen atoms in total. The topological polar surface area (TPSA) is 29.5 Å². The van der Waals surface area contributed by atoms with Crippen molar-refractivity contribution in [3.63, 3.8) is 0 Å². The Bertz CT molecular complexity index is 259. The minimum Gasteiger partial charge on any atom is -0.494 e. The third-order valence-corrected chi connectivity index (χ3v) is 1.70. The van der Waals surface area contributed by atoms with Crippen molar-refractivity contribution < 1.29 is 18.6 Å². The predicted octanol–water partition coefficient (Wildman–Crippen LogP) is 2.39. The Labute approximate surface area is 81.1 Å². The fourth-order valence-electron chi connectivity index (χ4n) is 0.964. The average molecular weight is 202 g/mol. The third-order valence-electron chi connectivity index (χ3n) is 1.70. The Balaban J connectivity index is 2.47. The van der Waals surface area contributed by atoms with Crippen LogP contribution >= 0.6 is 0 Å². The molecule has 0 heterocycles. The standard InChI is InChI=1S/C10H12F2O2/c11-10(12)8-2-4-9(5-3-8)14-7-1-6-13/h2-5,10,13H,1,6-7H2. The Morgan fingerprint density at radius 3 is 2.36 bits per heavy atom. The minimum atomic E-state index is -2.44. The second-order valence-electron chi connectivity index (χ2n) is 2.80. The number of aliphatic hydroxyl groups is 1. The maximum Gasteiger partial charge on any atom is 0.263 e. The van der Waals surface area contributed by atoms with Crippen molar-refractivity contribution in [1.29, 1.82) is 0 Å². The fourth-order valence-corrected chi connectivity index (χ4v) is 0.964. The average Bonchev–Trinajstić information content (AvgIpc) is 2.19. The summed E-state index contributed by atoms with van der Waals surface area (Å²) in [6.07, 6.45) is -1.90. The first-order chi connectivity index (χ1) is 6.74. The number of ether oxygens (including phenoxy) is 1. The van der Waals surface area contributed by atoms with Gasteiger partial charge in [0.15, 0.2) is 0 Å². The molecule has 1 aromatic rings. The maximum atomic E-state index is 12.1. The van der Waals surface area contributed by atoms with Crippen LogP contribution in [-0.4, -0.2) is 18.3 Å². The van der Waals surface area contributed by atoms with E-state index in [9.17, 15) is 8.78 Å². The van der Waals surface area contributed by atoms with Gasteiger partial charge in [0.05, 0.1) is 6.61 Å². The maximum absolute atomic E-state index is 12.1. The lowest BCUT2D eigenvalue weighted by Gasteiger charge is -2.05. The van der Waals surface area contributed by atoms with Gasteiger partial charge in [0, 0.05) is 18.6 Å². The summed E-state index contributed by atoms with van der Waals surface area (Å²) in [5.74, 6) is 0.544. The monoisotopic (exact) mass is 202 g/mol.